The Kier molecular flexibility index (Phi) is 4.16. The number of fused-ring (bicyclic) bond motifs is 1. The highest BCUT2D eigenvalue weighted by Gasteiger charge is 2.18. The Bertz CT molecular complexity index is 498. The van der Waals surface area contributed by atoms with E-state index in [1.165, 1.54) is 18.2 Å². The summed E-state index contributed by atoms with van der Waals surface area (Å²) in [6.07, 6.45) is 1.87. The molecule has 5 heteroatoms. The average molecular weight is 263 g/mol. The molecule has 0 saturated carbocycles. The third-order valence-electron chi connectivity index (χ3n) is 3.29. The smallest absolute Gasteiger partial charge is 0.336 e. The number of amides is 1. The molecule has 0 aromatic heterocycles. The Balaban J connectivity index is 1.95. The third kappa shape index (κ3) is 3.12. The van der Waals surface area contributed by atoms with E-state index in [0.29, 0.717) is 5.56 Å². The zero-order valence-electron chi connectivity index (χ0n) is 10.8. The van der Waals surface area contributed by atoms with Gasteiger partial charge in [-0.1, -0.05) is 6.07 Å². The Morgan fingerprint density at radius 2 is 2.11 bits per heavy atom. The highest BCUT2D eigenvalue weighted by molar-refractivity contribution is 5.94. The van der Waals surface area contributed by atoms with E-state index in [-0.39, 0.29) is 12.5 Å². The highest BCUT2D eigenvalue weighted by Crippen LogP contribution is 2.22. The summed E-state index contributed by atoms with van der Waals surface area (Å²) in [5.41, 5.74) is 3.06. The lowest BCUT2D eigenvalue weighted by Gasteiger charge is -2.10. The largest absolute Gasteiger partial charge is 0.467 e. The SMILES string of the molecule is COC(=O)C(O)CNC(=O)c1ccc2c(c1)CCC2. The van der Waals surface area contributed by atoms with Crippen LogP contribution in [0.15, 0.2) is 18.2 Å². The molecule has 19 heavy (non-hydrogen) atoms. The van der Waals surface area contributed by atoms with Crippen LogP contribution in [0, 0.1) is 0 Å². The lowest BCUT2D eigenvalue weighted by atomic mass is 10.1. The molecule has 2 rings (SSSR count). The Morgan fingerprint density at radius 1 is 1.37 bits per heavy atom. The van der Waals surface area contributed by atoms with Gasteiger partial charge in [0.25, 0.3) is 5.91 Å². The first-order valence-corrected chi connectivity index (χ1v) is 6.27. The zero-order chi connectivity index (χ0) is 13.8. The minimum Gasteiger partial charge on any atom is -0.467 e. The first-order valence-electron chi connectivity index (χ1n) is 6.27. The molecule has 1 aromatic rings. The van der Waals surface area contributed by atoms with Crippen molar-refractivity contribution in [3.05, 3.63) is 34.9 Å². The van der Waals surface area contributed by atoms with E-state index in [4.69, 9.17) is 0 Å². The Morgan fingerprint density at radius 3 is 2.84 bits per heavy atom. The van der Waals surface area contributed by atoms with Crippen LogP contribution < -0.4 is 5.32 Å². The first kappa shape index (κ1) is 13.5. The molecule has 1 aliphatic carbocycles. The molecule has 1 aliphatic rings. The number of aryl methyl sites for hydroxylation is 2. The standard InChI is InChI=1S/C14H17NO4/c1-19-14(18)12(16)8-15-13(17)11-6-5-9-3-2-4-10(9)7-11/h5-7,12,16H,2-4,8H2,1H3,(H,15,17). The summed E-state index contributed by atoms with van der Waals surface area (Å²) in [6.45, 7) is -0.150. The van der Waals surface area contributed by atoms with Crippen molar-refractivity contribution in [1.29, 1.82) is 0 Å². The van der Waals surface area contributed by atoms with Crippen LogP contribution in [0.4, 0.5) is 0 Å². The van der Waals surface area contributed by atoms with E-state index in [1.54, 1.807) is 6.07 Å². The van der Waals surface area contributed by atoms with Gasteiger partial charge in [0, 0.05) is 5.56 Å². The number of rotatable bonds is 4. The maximum Gasteiger partial charge on any atom is 0.336 e. The molecule has 5 nitrogen and oxygen atoms in total. The fourth-order valence-electron chi connectivity index (χ4n) is 2.22. The van der Waals surface area contributed by atoms with Crippen molar-refractivity contribution in [1.82, 2.24) is 5.32 Å². The van der Waals surface area contributed by atoms with E-state index in [1.807, 2.05) is 12.1 Å². The second-order valence-electron chi connectivity index (χ2n) is 4.59. The van der Waals surface area contributed by atoms with Crippen molar-refractivity contribution in [3.63, 3.8) is 0 Å². The van der Waals surface area contributed by atoms with Gasteiger partial charge in [0.2, 0.25) is 0 Å². The zero-order valence-corrected chi connectivity index (χ0v) is 10.8. The molecule has 1 atom stereocenters. The fourth-order valence-corrected chi connectivity index (χ4v) is 2.22. The lowest BCUT2D eigenvalue weighted by molar-refractivity contribution is -0.149. The second kappa shape index (κ2) is 5.84. The fraction of sp³-hybridized carbons (Fsp3) is 0.429. The molecule has 2 N–H and O–H groups in total. The quantitative estimate of drug-likeness (QED) is 0.773. The van der Waals surface area contributed by atoms with Gasteiger partial charge in [-0.3, -0.25) is 4.79 Å². The summed E-state index contributed by atoms with van der Waals surface area (Å²) in [5, 5.41) is 11.9. The molecule has 0 radical (unpaired) electrons. The molecular weight excluding hydrogens is 246 g/mol. The van der Waals surface area contributed by atoms with Crippen LogP contribution in [0.2, 0.25) is 0 Å². The third-order valence-corrected chi connectivity index (χ3v) is 3.29. The van der Waals surface area contributed by atoms with Gasteiger partial charge in [-0.05, 0) is 42.5 Å². The van der Waals surface area contributed by atoms with Crippen LogP contribution in [-0.4, -0.2) is 36.7 Å². The van der Waals surface area contributed by atoms with Crippen molar-refractivity contribution in [2.75, 3.05) is 13.7 Å². The number of aliphatic hydroxyl groups excluding tert-OH is 1. The maximum atomic E-state index is 11.9. The molecule has 0 aliphatic heterocycles. The predicted molar refractivity (Wildman–Crippen MR) is 68.8 cm³/mol. The number of hydrogen-bond donors (Lipinski definition) is 2. The summed E-state index contributed by atoms with van der Waals surface area (Å²) >= 11 is 0. The van der Waals surface area contributed by atoms with Gasteiger partial charge in [-0.25, -0.2) is 4.79 Å². The van der Waals surface area contributed by atoms with Crippen LogP contribution in [0.3, 0.4) is 0 Å². The molecule has 1 amide bonds. The first-order chi connectivity index (χ1) is 9.11. The molecule has 0 heterocycles. The number of aliphatic hydroxyl groups is 1. The van der Waals surface area contributed by atoms with E-state index in [2.05, 4.69) is 10.1 Å². The van der Waals surface area contributed by atoms with Crippen LogP contribution in [0.1, 0.15) is 27.9 Å². The molecular formula is C14H17NO4. The van der Waals surface area contributed by atoms with Crippen molar-refractivity contribution in [3.8, 4) is 0 Å². The van der Waals surface area contributed by atoms with Crippen LogP contribution >= 0.6 is 0 Å². The predicted octanol–water partition coefficient (Wildman–Crippen LogP) is 0.439. The van der Waals surface area contributed by atoms with Gasteiger partial charge < -0.3 is 15.2 Å². The highest BCUT2D eigenvalue weighted by atomic mass is 16.5. The van der Waals surface area contributed by atoms with Crippen molar-refractivity contribution >= 4 is 11.9 Å². The molecule has 0 spiro atoms. The van der Waals surface area contributed by atoms with Gasteiger partial charge in [-0.15, -0.1) is 0 Å². The molecule has 0 bridgehead atoms. The molecule has 0 fully saturated rings. The van der Waals surface area contributed by atoms with Gasteiger partial charge >= 0.3 is 5.97 Å². The second-order valence-corrected chi connectivity index (χ2v) is 4.59. The number of methoxy groups -OCH3 is 1. The normalized spacial score (nSPS) is 14.6. The summed E-state index contributed by atoms with van der Waals surface area (Å²) in [7, 11) is 1.19. The van der Waals surface area contributed by atoms with E-state index >= 15 is 0 Å². The summed E-state index contributed by atoms with van der Waals surface area (Å²) < 4.78 is 4.37. The summed E-state index contributed by atoms with van der Waals surface area (Å²) in [6, 6.07) is 5.61. The van der Waals surface area contributed by atoms with Gasteiger partial charge in [0.05, 0.1) is 13.7 Å². The Labute approximate surface area is 111 Å². The van der Waals surface area contributed by atoms with Crippen LogP contribution in [0.25, 0.3) is 0 Å². The average Bonchev–Trinajstić information content (AvgIpc) is 2.90. The number of benzene rings is 1. The van der Waals surface area contributed by atoms with E-state index < -0.39 is 12.1 Å². The monoisotopic (exact) mass is 263 g/mol. The molecule has 0 saturated heterocycles. The molecule has 1 unspecified atom stereocenters. The van der Waals surface area contributed by atoms with Gasteiger partial charge in [0.15, 0.2) is 6.10 Å². The number of ether oxygens (including phenoxy) is 1. The number of esters is 1. The molecule has 1 aromatic carbocycles. The van der Waals surface area contributed by atoms with E-state index in [9.17, 15) is 14.7 Å². The number of nitrogens with one attached hydrogen (secondary N) is 1. The summed E-state index contributed by atoms with van der Waals surface area (Å²) in [4.78, 5) is 22.9. The van der Waals surface area contributed by atoms with Crippen molar-refractivity contribution in [2.45, 2.75) is 25.4 Å². The lowest BCUT2D eigenvalue weighted by Crippen LogP contribution is -2.37. The van der Waals surface area contributed by atoms with E-state index in [0.717, 1.165) is 19.3 Å². The van der Waals surface area contributed by atoms with Gasteiger partial charge in [0.1, 0.15) is 0 Å². The maximum absolute atomic E-state index is 11.9. The van der Waals surface area contributed by atoms with Crippen LogP contribution in [-0.2, 0) is 22.4 Å². The molecule has 102 valence electrons. The van der Waals surface area contributed by atoms with Crippen molar-refractivity contribution < 1.29 is 19.4 Å². The number of carbonyl (C=O) groups is 2. The summed E-state index contributed by atoms with van der Waals surface area (Å²) in [5.74, 6) is -1.05. The Hall–Kier alpha value is -1.88. The number of carbonyl (C=O) groups excluding carboxylic acids is 2. The minimum atomic E-state index is -1.33. The van der Waals surface area contributed by atoms with Crippen LogP contribution in [0.5, 0.6) is 0 Å². The minimum absolute atomic E-state index is 0.150. The van der Waals surface area contributed by atoms with Crippen molar-refractivity contribution in [2.24, 2.45) is 0 Å². The number of hydrogen-bond acceptors (Lipinski definition) is 4. The topological polar surface area (TPSA) is 75.6 Å². The van der Waals surface area contributed by atoms with Gasteiger partial charge in [-0.2, -0.15) is 0 Å².